The van der Waals surface area contributed by atoms with Gasteiger partial charge in [-0.05, 0) is 49.9 Å². The van der Waals surface area contributed by atoms with E-state index in [0.717, 1.165) is 30.3 Å². The molecule has 1 saturated heterocycles. The number of piperidine rings is 1. The summed E-state index contributed by atoms with van der Waals surface area (Å²) in [5, 5.41) is 7.60. The molecule has 1 atom stereocenters. The third-order valence-corrected chi connectivity index (χ3v) is 7.36. The summed E-state index contributed by atoms with van der Waals surface area (Å²) in [7, 11) is -3.38. The molecule has 3 aromatic rings. The zero-order chi connectivity index (χ0) is 21.1. The number of hydrogen-bond donors (Lipinski definition) is 2. The zero-order valence-corrected chi connectivity index (χ0v) is 17.4. The number of rotatable bonds is 6. The van der Waals surface area contributed by atoms with E-state index in [1.165, 1.54) is 0 Å². The molecule has 0 radical (unpaired) electrons. The Kier molecular flexibility index (Phi) is 5.72. The van der Waals surface area contributed by atoms with E-state index in [4.69, 9.17) is 5.73 Å². The Labute approximate surface area is 175 Å². The number of H-pyrrole nitrogens is 1. The minimum Gasteiger partial charge on any atom is -0.384 e. The summed E-state index contributed by atoms with van der Waals surface area (Å²) in [6.45, 7) is 0.650. The number of benzene rings is 1. The number of likely N-dealkylation sites (tertiary alicyclic amines) is 1. The number of carbonyl (C=O) groups is 1. The van der Waals surface area contributed by atoms with Crippen molar-refractivity contribution in [2.45, 2.75) is 43.0 Å². The molecule has 3 heterocycles. The quantitative estimate of drug-likeness (QED) is 0.624. The monoisotopic (exact) mass is 427 g/mol. The number of pyridine rings is 1. The largest absolute Gasteiger partial charge is 0.384 e. The highest BCUT2D eigenvalue weighted by Gasteiger charge is 2.29. The molecule has 2 aromatic heterocycles. The van der Waals surface area contributed by atoms with Gasteiger partial charge >= 0.3 is 0 Å². The van der Waals surface area contributed by atoms with E-state index in [-0.39, 0.29) is 24.1 Å². The highest BCUT2D eigenvalue weighted by Crippen LogP contribution is 2.32. The van der Waals surface area contributed by atoms with Crippen LogP contribution < -0.4 is 5.73 Å². The number of nitrogens with two attached hydrogens (primary N) is 1. The number of aromatic nitrogens is 3. The van der Waals surface area contributed by atoms with E-state index in [1.807, 2.05) is 17.0 Å². The van der Waals surface area contributed by atoms with Gasteiger partial charge in [0.25, 0.3) is 0 Å². The summed E-state index contributed by atoms with van der Waals surface area (Å²) in [6, 6.07) is 12.0. The lowest BCUT2D eigenvalue weighted by molar-refractivity contribution is -0.135. The van der Waals surface area contributed by atoms with Crippen LogP contribution in [0.1, 0.15) is 43.8 Å². The van der Waals surface area contributed by atoms with Gasteiger partial charge in [0.2, 0.25) is 5.91 Å². The summed E-state index contributed by atoms with van der Waals surface area (Å²) >= 11 is 0. The Morgan fingerprint density at radius 2 is 1.97 bits per heavy atom. The van der Waals surface area contributed by atoms with Gasteiger partial charge in [0.05, 0.1) is 27.8 Å². The van der Waals surface area contributed by atoms with Gasteiger partial charge in [-0.15, -0.1) is 0 Å². The van der Waals surface area contributed by atoms with Gasteiger partial charge in [-0.2, -0.15) is 5.10 Å². The van der Waals surface area contributed by atoms with E-state index in [9.17, 15) is 13.2 Å². The van der Waals surface area contributed by atoms with Crippen LogP contribution in [0.4, 0.5) is 5.82 Å². The first-order chi connectivity index (χ1) is 14.5. The Bertz CT molecular complexity index is 1140. The van der Waals surface area contributed by atoms with Crippen molar-refractivity contribution in [3.63, 3.8) is 0 Å². The van der Waals surface area contributed by atoms with Crippen LogP contribution in [0.15, 0.2) is 47.4 Å². The molecule has 0 spiro atoms. The third kappa shape index (κ3) is 4.16. The summed E-state index contributed by atoms with van der Waals surface area (Å²) in [5.74, 6) is 0.393. The summed E-state index contributed by atoms with van der Waals surface area (Å²) in [4.78, 5) is 19.7. The van der Waals surface area contributed by atoms with E-state index in [1.54, 1.807) is 30.3 Å². The lowest BCUT2D eigenvalue weighted by atomic mass is 9.98. The number of amides is 1. The Morgan fingerprint density at radius 1 is 1.17 bits per heavy atom. The molecule has 0 bridgehead atoms. The molecule has 1 fully saturated rings. The second-order valence-corrected chi connectivity index (χ2v) is 9.69. The van der Waals surface area contributed by atoms with Crippen molar-refractivity contribution < 1.29 is 13.2 Å². The fourth-order valence-electron chi connectivity index (χ4n) is 3.96. The molecule has 3 N–H and O–H groups in total. The molecule has 4 rings (SSSR count). The molecule has 1 aliphatic rings. The SMILES string of the molecule is Nc1[nH]nc2nc(C3CCCCN3C(=O)CCCS(=O)(=O)c3ccccc3)ccc12. The average Bonchev–Trinajstić information content (AvgIpc) is 3.14. The van der Waals surface area contributed by atoms with Crippen LogP contribution >= 0.6 is 0 Å². The maximum absolute atomic E-state index is 12.9. The van der Waals surface area contributed by atoms with Crippen molar-refractivity contribution in [3.8, 4) is 0 Å². The van der Waals surface area contributed by atoms with Gasteiger partial charge in [-0.25, -0.2) is 13.4 Å². The number of fused-ring (bicyclic) bond motifs is 1. The molecule has 1 amide bonds. The standard InChI is InChI=1S/C21H25N5O3S/c22-20-16-11-12-17(23-21(16)25-24-20)18-9-4-5-13-26(18)19(27)10-6-14-30(28,29)15-7-2-1-3-8-15/h1-3,7-8,11-12,18H,4-6,9-10,13-14H2,(H3,22,23,24,25). The number of nitrogen functional groups attached to an aromatic ring is 1. The van der Waals surface area contributed by atoms with Gasteiger partial charge in [-0.1, -0.05) is 18.2 Å². The van der Waals surface area contributed by atoms with E-state index < -0.39 is 9.84 Å². The van der Waals surface area contributed by atoms with Crippen LogP contribution in [0.5, 0.6) is 0 Å². The Morgan fingerprint density at radius 3 is 2.77 bits per heavy atom. The van der Waals surface area contributed by atoms with Crippen LogP contribution in [0.3, 0.4) is 0 Å². The van der Waals surface area contributed by atoms with Crippen LogP contribution in [-0.4, -0.2) is 46.7 Å². The fraction of sp³-hybridized carbons (Fsp3) is 0.381. The molecule has 1 aromatic carbocycles. The minimum absolute atomic E-state index is 0.0357. The molecule has 1 aliphatic heterocycles. The average molecular weight is 428 g/mol. The topological polar surface area (TPSA) is 122 Å². The van der Waals surface area contributed by atoms with E-state index in [0.29, 0.717) is 29.3 Å². The summed E-state index contributed by atoms with van der Waals surface area (Å²) in [6.07, 6.45) is 3.26. The van der Waals surface area contributed by atoms with Crippen molar-refractivity contribution in [1.82, 2.24) is 20.1 Å². The Balaban J connectivity index is 1.43. The second kappa shape index (κ2) is 8.43. The van der Waals surface area contributed by atoms with Crippen molar-refractivity contribution in [1.29, 1.82) is 0 Å². The van der Waals surface area contributed by atoms with Gasteiger partial charge < -0.3 is 10.6 Å². The number of aromatic amines is 1. The van der Waals surface area contributed by atoms with Crippen LogP contribution in [-0.2, 0) is 14.6 Å². The lowest BCUT2D eigenvalue weighted by Crippen LogP contribution is -2.39. The van der Waals surface area contributed by atoms with Crippen molar-refractivity contribution in [2.24, 2.45) is 0 Å². The Hall–Kier alpha value is -2.94. The van der Waals surface area contributed by atoms with Gasteiger partial charge in [-0.3, -0.25) is 9.89 Å². The number of nitrogens with zero attached hydrogens (tertiary/aromatic N) is 3. The van der Waals surface area contributed by atoms with Gasteiger partial charge in [0.15, 0.2) is 15.5 Å². The van der Waals surface area contributed by atoms with Crippen LogP contribution in [0.2, 0.25) is 0 Å². The van der Waals surface area contributed by atoms with E-state index >= 15 is 0 Å². The fourth-order valence-corrected chi connectivity index (χ4v) is 5.29. The third-order valence-electron chi connectivity index (χ3n) is 5.54. The molecule has 30 heavy (non-hydrogen) atoms. The number of hydrogen-bond acceptors (Lipinski definition) is 6. The number of anilines is 1. The van der Waals surface area contributed by atoms with Crippen molar-refractivity contribution in [2.75, 3.05) is 18.0 Å². The maximum Gasteiger partial charge on any atom is 0.223 e. The first-order valence-electron chi connectivity index (χ1n) is 10.1. The predicted octanol–water partition coefficient (Wildman–Crippen LogP) is 2.85. The first kappa shape index (κ1) is 20.3. The summed E-state index contributed by atoms with van der Waals surface area (Å²) in [5.41, 5.74) is 7.17. The molecular weight excluding hydrogens is 402 g/mol. The summed E-state index contributed by atoms with van der Waals surface area (Å²) < 4.78 is 24.9. The first-order valence-corrected chi connectivity index (χ1v) is 11.8. The molecule has 1 unspecified atom stereocenters. The smallest absolute Gasteiger partial charge is 0.223 e. The van der Waals surface area contributed by atoms with Crippen LogP contribution in [0.25, 0.3) is 11.0 Å². The molecule has 0 saturated carbocycles. The van der Waals surface area contributed by atoms with Crippen LogP contribution in [0, 0.1) is 0 Å². The minimum atomic E-state index is -3.38. The number of sulfone groups is 1. The molecule has 8 nitrogen and oxygen atoms in total. The highest BCUT2D eigenvalue weighted by atomic mass is 32.2. The van der Waals surface area contributed by atoms with Gasteiger partial charge in [0, 0.05) is 13.0 Å². The second-order valence-electron chi connectivity index (χ2n) is 7.58. The molecule has 0 aliphatic carbocycles. The normalized spacial score (nSPS) is 17.3. The molecule has 158 valence electrons. The number of nitrogens with one attached hydrogen (secondary N) is 1. The number of carbonyl (C=O) groups excluding carboxylic acids is 1. The predicted molar refractivity (Wildman–Crippen MR) is 114 cm³/mol. The lowest BCUT2D eigenvalue weighted by Gasteiger charge is -2.35. The zero-order valence-electron chi connectivity index (χ0n) is 16.6. The molecule has 9 heteroatoms. The van der Waals surface area contributed by atoms with Gasteiger partial charge in [0.1, 0.15) is 5.82 Å². The molecular formula is C21H25N5O3S. The van der Waals surface area contributed by atoms with E-state index in [2.05, 4.69) is 15.2 Å². The maximum atomic E-state index is 12.9. The highest BCUT2D eigenvalue weighted by molar-refractivity contribution is 7.91. The van der Waals surface area contributed by atoms with Crippen molar-refractivity contribution in [3.05, 3.63) is 48.2 Å². The van der Waals surface area contributed by atoms with Crippen molar-refractivity contribution >= 4 is 32.6 Å².